The number of aromatic nitrogens is 1. The maximum Gasteiger partial charge on any atom is 0.269 e. The zero-order chi connectivity index (χ0) is 22.5. The standard InChI is InChI=1S/C24H27FN4O2/c1-14(2)16-10-17(20(25)21-18(16)11-19(27-21)22(30)28(3)4)15-6-5-9-29(12-15)23(31)24(13-26)7-8-24/h6,10-11,14,27H,5,7-9,12H2,1-4H3. The van der Waals surface area contributed by atoms with Crippen LogP contribution in [0.15, 0.2) is 18.2 Å². The summed E-state index contributed by atoms with van der Waals surface area (Å²) in [5, 5.41) is 10.1. The van der Waals surface area contributed by atoms with Gasteiger partial charge in [-0.15, -0.1) is 0 Å². The quantitative estimate of drug-likeness (QED) is 0.807. The van der Waals surface area contributed by atoms with Gasteiger partial charge in [-0.25, -0.2) is 4.39 Å². The van der Waals surface area contributed by atoms with Crippen molar-refractivity contribution < 1.29 is 14.0 Å². The molecule has 0 radical (unpaired) electrons. The minimum atomic E-state index is -0.880. The minimum absolute atomic E-state index is 0.121. The number of benzene rings is 1. The van der Waals surface area contributed by atoms with Crippen molar-refractivity contribution in [2.24, 2.45) is 5.41 Å². The number of hydrogen-bond donors (Lipinski definition) is 1. The summed E-state index contributed by atoms with van der Waals surface area (Å²) < 4.78 is 15.7. The monoisotopic (exact) mass is 422 g/mol. The van der Waals surface area contributed by atoms with Gasteiger partial charge in [0.15, 0.2) is 5.82 Å². The van der Waals surface area contributed by atoms with Gasteiger partial charge in [0.1, 0.15) is 11.1 Å². The predicted octanol–water partition coefficient (Wildman–Crippen LogP) is 4.05. The number of aromatic amines is 1. The number of nitrogens with one attached hydrogen (secondary N) is 1. The second-order valence-corrected chi connectivity index (χ2v) is 9.09. The molecule has 1 saturated carbocycles. The number of nitriles is 1. The molecule has 31 heavy (non-hydrogen) atoms. The highest BCUT2D eigenvalue weighted by molar-refractivity contribution is 6.00. The van der Waals surface area contributed by atoms with E-state index in [1.807, 2.05) is 26.0 Å². The van der Waals surface area contributed by atoms with Crippen molar-refractivity contribution in [3.63, 3.8) is 0 Å². The van der Waals surface area contributed by atoms with Crippen molar-refractivity contribution in [3.8, 4) is 6.07 Å². The first-order valence-electron chi connectivity index (χ1n) is 10.7. The van der Waals surface area contributed by atoms with Crippen LogP contribution in [0.4, 0.5) is 4.39 Å². The van der Waals surface area contributed by atoms with Gasteiger partial charge in [0, 0.05) is 38.1 Å². The van der Waals surface area contributed by atoms with E-state index in [0.29, 0.717) is 48.0 Å². The predicted molar refractivity (Wildman–Crippen MR) is 117 cm³/mol. The highest BCUT2D eigenvalue weighted by Crippen LogP contribution is 2.47. The molecule has 6 nitrogen and oxygen atoms in total. The number of nitrogens with zero attached hydrogens (tertiary/aromatic N) is 3. The van der Waals surface area contributed by atoms with E-state index < -0.39 is 11.2 Å². The van der Waals surface area contributed by atoms with E-state index in [-0.39, 0.29) is 24.3 Å². The molecule has 1 N–H and O–H groups in total. The lowest BCUT2D eigenvalue weighted by molar-refractivity contribution is -0.134. The van der Waals surface area contributed by atoms with Gasteiger partial charge in [-0.05, 0) is 48.4 Å². The van der Waals surface area contributed by atoms with Crippen molar-refractivity contribution in [2.75, 3.05) is 27.2 Å². The first kappa shape index (κ1) is 21.1. The normalized spacial score (nSPS) is 17.5. The molecule has 1 aromatic carbocycles. The molecule has 0 bridgehead atoms. The van der Waals surface area contributed by atoms with E-state index in [4.69, 9.17) is 0 Å². The fraction of sp³-hybridized carbons (Fsp3) is 0.458. The van der Waals surface area contributed by atoms with Gasteiger partial charge in [-0.3, -0.25) is 9.59 Å². The lowest BCUT2D eigenvalue weighted by atomic mass is 9.91. The van der Waals surface area contributed by atoms with Crippen molar-refractivity contribution in [2.45, 2.75) is 39.0 Å². The van der Waals surface area contributed by atoms with Gasteiger partial charge in [0.25, 0.3) is 5.91 Å². The molecule has 0 spiro atoms. The summed E-state index contributed by atoms with van der Waals surface area (Å²) in [4.78, 5) is 31.4. The van der Waals surface area contributed by atoms with Crippen LogP contribution in [-0.4, -0.2) is 53.8 Å². The fourth-order valence-corrected chi connectivity index (χ4v) is 4.27. The maximum absolute atomic E-state index is 15.7. The van der Waals surface area contributed by atoms with E-state index in [1.165, 1.54) is 4.90 Å². The molecule has 2 aliphatic rings. The van der Waals surface area contributed by atoms with E-state index in [2.05, 4.69) is 11.1 Å². The minimum Gasteiger partial charge on any atom is -0.348 e. The van der Waals surface area contributed by atoms with Crippen molar-refractivity contribution >= 4 is 28.3 Å². The molecular formula is C24H27FN4O2. The Bertz CT molecular complexity index is 1150. The number of halogens is 1. The fourth-order valence-electron chi connectivity index (χ4n) is 4.27. The SMILES string of the molecule is CC(C)c1cc(C2=CCCN(C(=O)C3(C#N)CC3)C2)c(F)c2[nH]c(C(=O)N(C)C)cc12. The van der Waals surface area contributed by atoms with Gasteiger partial charge < -0.3 is 14.8 Å². The Morgan fingerprint density at radius 1 is 1.29 bits per heavy atom. The summed E-state index contributed by atoms with van der Waals surface area (Å²) in [5.74, 6) is -0.661. The molecule has 1 aliphatic heterocycles. The zero-order valence-electron chi connectivity index (χ0n) is 18.4. The molecule has 0 atom stereocenters. The molecule has 1 aromatic heterocycles. The first-order valence-corrected chi connectivity index (χ1v) is 10.7. The van der Waals surface area contributed by atoms with Crippen LogP contribution in [0.2, 0.25) is 0 Å². The van der Waals surface area contributed by atoms with Crippen LogP contribution in [0, 0.1) is 22.6 Å². The lowest BCUT2D eigenvalue weighted by Crippen LogP contribution is -2.40. The summed E-state index contributed by atoms with van der Waals surface area (Å²) in [6.45, 7) is 4.89. The molecule has 7 heteroatoms. The Kier molecular flexibility index (Phi) is 5.12. The van der Waals surface area contributed by atoms with Crippen molar-refractivity contribution in [1.29, 1.82) is 5.26 Å². The third kappa shape index (κ3) is 3.50. The second kappa shape index (κ2) is 7.52. The number of hydrogen-bond acceptors (Lipinski definition) is 3. The molecule has 2 aromatic rings. The van der Waals surface area contributed by atoms with Crippen LogP contribution in [0.3, 0.4) is 0 Å². The van der Waals surface area contributed by atoms with Crippen LogP contribution in [-0.2, 0) is 4.79 Å². The Morgan fingerprint density at radius 2 is 2.00 bits per heavy atom. The second-order valence-electron chi connectivity index (χ2n) is 9.09. The number of carbonyl (C=O) groups excluding carboxylic acids is 2. The lowest BCUT2D eigenvalue weighted by Gasteiger charge is -2.29. The molecule has 1 aliphatic carbocycles. The van der Waals surface area contributed by atoms with Crippen LogP contribution in [0.5, 0.6) is 0 Å². The molecular weight excluding hydrogens is 395 g/mol. The zero-order valence-corrected chi connectivity index (χ0v) is 18.4. The molecule has 2 amide bonds. The Balaban J connectivity index is 1.76. The van der Waals surface area contributed by atoms with E-state index in [0.717, 1.165) is 11.1 Å². The summed E-state index contributed by atoms with van der Waals surface area (Å²) in [6, 6.07) is 5.72. The highest BCUT2D eigenvalue weighted by atomic mass is 19.1. The van der Waals surface area contributed by atoms with Crippen LogP contribution in [0.1, 0.15) is 60.6 Å². The smallest absolute Gasteiger partial charge is 0.269 e. The van der Waals surface area contributed by atoms with E-state index in [9.17, 15) is 14.9 Å². The van der Waals surface area contributed by atoms with E-state index in [1.54, 1.807) is 25.1 Å². The summed E-state index contributed by atoms with van der Waals surface area (Å²) in [7, 11) is 3.32. The third-order valence-corrected chi connectivity index (χ3v) is 6.30. The molecule has 162 valence electrons. The van der Waals surface area contributed by atoms with Gasteiger partial charge in [0.2, 0.25) is 5.91 Å². The van der Waals surface area contributed by atoms with Crippen LogP contribution < -0.4 is 0 Å². The third-order valence-electron chi connectivity index (χ3n) is 6.30. The average Bonchev–Trinajstić information content (AvgIpc) is 3.43. The maximum atomic E-state index is 15.7. The number of H-pyrrole nitrogens is 1. The summed E-state index contributed by atoms with van der Waals surface area (Å²) in [5.41, 5.74) is 1.91. The molecule has 1 fully saturated rings. The molecule has 4 rings (SSSR count). The number of fused-ring (bicyclic) bond motifs is 1. The first-order chi connectivity index (χ1) is 14.7. The Morgan fingerprint density at radius 3 is 2.58 bits per heavy atom. The van der Waals surface area contributed by atoms with Gasteiger partial charge in [0.05, 0.1) is 11.6 Å². The van der Waals surface area contributed by atoms with E-state index >= 15 is 4.39 Å². The Hall–Kier alpha value is -3.14. The molecule has 0 unspecified atom stereocenters. The van der Waals surface area contributed by atoms with Crippen LogP contribution >= 0.6 is 0 Å². The highest BCUT2D eigenvalue weighted by Gasteiger charge is 2.52. The van der Waals surface area contributed by atoms with Gasteiger partial charge in [-0.2, -0.15) is 5.26 Å². The number of rotatable bonds is 4. The average molecular weight is 423 g/mol. The summed E-state index contributed by atoms with van der Waals surface area (Å²) >= 11 is 0. The van der Waals surface area contributed by atoms with Crippen molar-refractivity contribution in [3.05, 3.63) is 40.8 Å². The molecule has 0 saturated heterocycles. The Labute approximate surface area is 181 Å². The largest absolute Gasteiger partial charge is 0.348 e. The van der Waals surface area contributed by atoms with Crippen LogP contribution in [0.25, 0.3) is 16.5 Å². The topological polar surface area (TPSA) is 80.2 Å². The summed E-state index contributed by atoms with van der Waals surface area (Å²) in [6.07, 6.45) is 3.78. The van der Waals surface area contributed by atoms with Gasteiger partial charge in [-0.1, -0.05) is 19.9 Å². The molecule has 2 heterocycles. The number of carbonyl (C=O) groups is 2. The van der Waals surface area contributed by atoms with Crippen molar-refractivity contribution in [1.82, 2.24) is 14.8 Å². The number of amides is 2. The van der Waals surface area contributed by atoms with Gasteiger partial charge >= 0.3 is 0 Å².